The van der Waals surface area contributed by atoms with Crippen molar-refractivity contribution in [3.63, 3.8) is 0 Å². The summed E-state index contributed by atoms with van der Waals surface area (Å²) in [5.74, 6) is -1.74. The Morgan fingerprint density at radius 1 is 1.22 bits per heavy atom. The minimum atomic E-state index is -1.16. The standard InChI is InChI=1S/C19H26N2O6/c1-2-3-5-10-16(18(24)25)21-17(23)11-15(22)12-20-19(26)27-13-14-8-6-4-7-9-14/h2,4,6-9,15-16,22H,1,3,5,10-13H2,(H,20,26)(H,21,23)(H,24,25)/t15-,16+/m0/s1. The molecule has 0 spiro atoms. The molecule has 1 aromatic rings. The van der Waals surface area contributed by atoms with Crippen molar-refractivity contribution in [3.8, 4) is 0 Å². The Kier molecular flexibility index (Phi) is 10.2. The molecule has 0 heterocycles. The molecule has 0 bridgehead atoms. The van der Waals surface area contributed by atoms with Crippen LogP contribution in [0.15, 0.2) is 43.0 Å². The number of carbonyl (C=O) groups is 3. The average molecular weight is 378 g/mol. The van der Waals surface area contributed by atoms with E-state index in [-0.39, 0.29) is 26.0 Å². The Bertz CT molecular complexity index is 620. The lowest BCUT2D eigenvalue weighted by molar-refractivity contribution is -0.142. The lowest BCUT2D eigenvalue weighted by Crippen LogP contribution is -2.43. The Hall–Kier alpha value is -2.87. The van der Waals surface area contributed by atoms with Gasteiger partial charge in [-0.25, -0.2) is 9.59 Å². The van der Waals surface area contributed by atoms with Crippen molar-refractivity contribution in [3.05, 3.63) is 48.6 Å². The van der Waals surface area contributed by atoms with E-state index < -0.39 is 30.1 Å². The highest BCUT2D eigenvalue weighted by Crippen LogP contribution is 2.03. The summed E-state index contributed by atoms with van der Waals surface area (Å²) in [6.45, 7) is 3.46. The number of ether oxygens (including phenoxy) is 1. The van der Waals surface area contributed by atoms with Crippen LogP contribution >= 0.6 is 0 Å². The van der Waals surface area contributed by atoms with Crippen molar-refractivity contribution < 1.29 is 29.3 Å². The van der Waals surface area contributed by atoms with Gasteiger partial charge in [-0.15, -0.1) is 6.58 Å². The minimum absolute atomic E-state index is 0.0915. The molecule has 0 radical (unpaired) electrons. The van der Waals surface area contributed by atoms with Crippen molar-refractivity contribution in [2.75, 3.05) is 6.54 Å². The maximum absolute atomic E-state index is 11.9. The number of alkyl carbamates (subject to hydrolysis) is 1. The molecule has 27 heavy (non-hydrogen) atoms. The number of aliphatic hydroxyl groups is 1. The molecule has 0 aliphatic carbocycles. The molecule has 2 amide bonds. The zero-order valence-electron chi connectivity index (χ0n) is 15.1. The molecule has 0 aromatic heterocycles. The highest BCUT2D eigenvalue weighted by atomic mass is 16.5. The molecule has 2 atom stereocenters. The first-order valence-electron chi connectivity index (χ1n) is 8.68. The SMILES string of the molecule is C=CCCC[C@@H](NC(=O)C[C@H](O)CNC(=O)OCc1ccccc1)C(=O)O. The predicted molar refractivity (Wildman–Crippen MR) is 98.9 cm³/mol. The van der Waals surface area contributed by atoms with Gasteiger partial charge in [0.15, 0.2) is 0 Å². The number of rotatable bonds is 12. The molecule has 0 aliphatic rings. The van der Waals surface area contributed by atoms with Crippen LogP contribution in [0.1, 0.15) is 31.2 Å². The number of aliphatic carboxylic acids is 1. The van der Waals surface area contributed by atoms with Crippen molar-refractivity contribution in [1.82, 2.24) is 10.6 Å². The lowest BCUT2D eigenvalue weighted by Gasteiger charge is -2.16. The first-order chi connectivity index (χ1) is 12.9. The molecule has 148 valence electrons. The van der Waals surface area contributed by atoms with Crippen LogP contribution in [0.3, 0.4) is 0 Å². The monoisotopic (exact) mass is 378 g/mol. The van der Waals surface area contributed by atoms with Gasteiger partial charge in [-0.05, 0) is 24.8 Å². The number of hydrogen-bond donors (Lipinski definition) is 4. The van der Waals surface area contributed by atoms with Crippen molar-refractivity contribution in [2.45, 2.75) is 44.4 Å². The molecule has 0 saturated heterocycles. The average Bonchev–Trinajstić information content (AvgIpc) is 2.64. The quantitative estimate of drug-likeness (QED) is 0.323. The van der Waals surface area contributed by atoms with Crippen LogP contribution in [0.4, 0.5) is 4.79 Å². The molecule has 1 rings (SSSR count). The van der Waals surface area contributed by atoms with Gasteiger partial charge in [-0.2, -0.15) is 0 Å². The smallest absolute Gasteiger partial charge is 0.407 e. The van der Waals surface area contributed by atoms with E-state index in [1.807, 2.05) is 18.2 Å². The van der Waals surface area contributed by atoms with Gasteiger partial charge in [0.1, 0.15) is 12.6 Å². The maximum Gasteiger partial charge on any atom is 0.407 e. The Labute approximate surface area is 158 Å². The first-order valence-corrected chi connectivity index (χ1v) is 8.68. The van der Waals surface area contributed by atoms with Crippen LogP contribution < -0.4 is 10.6 Å². The van der Waals surface area contributed by atoms with Gasteiger partial charge in [0.05, 0.1) is 12.5 Å². The van der Waals surface area contributed by atoms with E-state index in [2.05, 4.69) is 17.2 Å². The molecule has 8 nitrogen and oxygen atoms in total. The number of hydrogen-bond acceptors (Lipinski definition) is 5. The number of amides is 2. The number of nitrogens with one attached hydrogen (secondary N) is 2. The highest BCUT2D eigenvalue weighted by Gasteiger charge is 2.21. The molecule has 8 heteroatoms. The molecule has 0 saturated carbocycles. The summed E-state index contributed by atoms with van der Waals surface area (Å²) >= 11 is 0. The summed E-state index contributed by atoms with van der Waals surface area (Å²) in [4.78, 5) is 34.6. The van der Waals surface area contributed by atoms with Crippen LogP contribution in [-0.2, 0) is 20.9 Å². The van der Waals surface area contributed by atoms with E-state index in [9.17, 15) is 19.5 Å². The molecular formula is C19H26N2O6. The van der Waals surface area contributed by atoms with Gasteiger partial charge >= 0.3 is 12.1 Å². The fraction of sp³-hybridized carbons (Fsp3) is 0.421. The zero-order chi connectivity index (χ0) is 20.1. The Balaban J connectivity index is 2.28. The van der Waals surface area contributed by atoms with E-state index >= 15 is 0 Å². The minimum Gasteiger partial charge on any atom is -0.480 e. The van der Waals surface area contributed by atoms with Gasteiger partial charge in [-0.1, -0.05) is 36.4 Å². The molecule has 4 N–H and O–H groups in total. The lowest BCUT2D eigenvalue weighted by atomic mass is 10.1. The van der Waals surface area contributed by atoms with Gasteiger partial charge in [0, 0.05) is 6.54 Å². The van der Waals surface area contributed by atoms with E-state index in [0.29, 0.717) is 12.8 Å². The number of benzene rings is 1. The summed E-state index contributed by atoms with van der Waals surface area (Å²) in [7, 11) is 0. The first kappa shape index (κ1) is 22.2. The maximum atomic E-state index is 11.9. The van der Waals surface area contributed by atoms with Gasteiger partial charge < -0.3 is 25.6 Å². The van der Waals surface area contributed by atoms with Crippen LogP contribution in [0.2, 0.25) is 0 Å². The van der Waals surface area contributed by atoms with Crippen molar-refractivity contribution in [1.29, 1.82) is 0 Å². The third-order valence-corrected chi connectivity index (χ3v) is 3.65. The number of carboxylic acid groups (broad SMARTS) is 1. The third-order valence-electron chi connectivity index (χ3n) is 3.65. The van der Waals surface area contributed by atoms with E-state index in [4.69, 9.17) is 9.84 Å². The van der Waals surface area contributed by atoms with Crippen LogP contribution in [0.25, 0.3) is 0 Å². The molecular weight excluding hydrogens is 352 g/mol. The Morgan fingerprint density at radius 3 is 2.56 bits per heavy atom. The summed E-state index contributed by atoms with van der Waals surface area (Å²) in [6.07, 6.45) is 0.975. The van der Waals surface area contributed by atoms with Crippen LogP contribution in [0.5, 0.6) is 0 Å². The summed E-state index contributed by atoms with van der Waals surface area (Å²) in [6, 6.07) is 8.08. The predicted octanol–water partition coefficient (Wildman–Crippen LogP) is 1.59. The second-order valence-corrected chi connectivity index (χ2v) is 5.98. The van der Waals surface area contributed by atoms with E-state index in [1.54, 1.807) is 18.2 Å². The normalized spacial score (nSPS) is 12.5. The van der Waals surface area contributed by atoms with E-state index in [1.165, 1.54) is 0 Å². The number of unbranched alkanes of at least 4 members (excludes halogenated alkanes) is 1. The third kappa shape index (κ3) is 10.0. The number of aliphatic hydroxyl groups excluding tert-OH is 1. The topological polar surface area (TPSA) is 125 Å². The largest absolute Gasteiger partial charge is 0.480 e. The molecule has 0 aliphatic heterocycles. The molecule has 1 aromatic carbocycles. The Morgan fingerprint density at radius 2 is 1.93 bits per heavy atom. The van der Waals surface area contributed by atoms with Crippen LogP contribution in [-0.4, -0.2) is 46.9 Å². The van der Waals surface area contributed by atoms with E-state index in [0.717, 1.165) is 5.56 Å². The summed E-state index contributed by atoms with van der Waals surface area (Å²) in [5, 5.41) is 23.7. The number of carboxylic acids is 1. The summed E-state index contributed by atoms with van der Waals surface area (Å²) in [5.41, 5.74) is 0.823. The highest BCUT2D eigenvalue weighted by molar-refractivity contribution is 5.83. The molecule has 0 fully saturated rings. The number of allylic oxidation sites excluding steroid dienone is 1. The fourth-order valence-electron chi connectivity index (χ4n) is 2.24. The van der Waals surface area contributed by atoms with Gasteiger partial charge in [0.25, 0.3) is 0 Å². The molecule has 0 unspecified atom stereocenters. The zero-order valence-corrected chi connectivity index (χ0v) is 15.1. The summed E-state index contributed by atoms with van der Waals surface area (Å²) < 4.78 is 4.99. The van der Waals surface area contributed by atoms with Gasteiger partial charge in [0.2, 0.25) is 5.91 Å². The number of carbonyl (C=O) groups excluding carboxylic acids is 2. The second-order valence-electron chi connectivity index (χ2n) is 5.98. The van der Waals surface area contributed by atoms with Crippen molar-refractivity contribution >= 4 is 18.0 Å². The van der Waals surface area contributed by atoms with Gasteiger partial charge in [-0.3, -0.25) is 4.79 Å². The second kappa shape index (κ2) is 12.5. The van der Waals surface area contributed by atoms with Crippen LogP contribution in [0, 0.1) is 0 Å². The van der Waals surface area contributed by atoms with Crippen molar-refractivity contribution in [2.24, 2.45) is 0 Å². The fourth-order valence-corrected chi connectivity index (χ4v) is 2.24.